The Bertz CT molecular complexity index is 519. The number of halogens is 2. The molecule has 0 fully saturated rings. The number of carbonyl (C=O) groups excluding carboxylic acids is 1. The molecule has 2 rings (SSSR count). The van der Waals surface area contributed by atoms with E-state index in [1.165, 1.54) is 0 Å². The van der Waals surface area contributed by atoms with Gasteiger partial charge in [0.1, 0.15) is 6.04 Å². The number of benzene rings is 1. The second kappa shape index (κ2) is 9.39. The SMILES string of the molecule is CC(Cn1cccn1)NC(=O)C(N)c1ccccc1.Cl.Cl. The molecule has 0 radical (unpaired) electrons. The van der Waals surface area contributed by atoms with Crippen molar-refractivity contribution in [1.82, 2.24) is 15.1 Å². The van der Waals surface area contributed by atoms with Gasteiger partial charge >= 0.3 is 0 Å². The van der Waals surface area contributed by atoms with Crippen LogP contribution >= 0.6 is 24.8 Å². The van der Waals surface area contributed by atoms with Crippen molar-refractivity contribution in [1.29, 1.82) is 0 Å². The van der Waals surface area contributed by atoms with Crippen LogP contribution in [-0.2, 0) is 11.3 Å². The Morgan fingerprint density at radius 1 is 1.29 bits per heavy atom. The van der Waals surface area contributed by atoms with Crippen molar-refractivity contribution in [2.45, 2.75) is 25.6 Å². The smallest absolute Gasteiger partial charge is 0.241 e. The summed E-state index contributed by atoms with van der Waals surface area (Å²) < 4.78 is 1.78. The number of aromatic nitrogens is 2. The molecule has 0 aliphatic rings. The van der Waals surface area contributed by atoms with E-state index < -0.39 is 6.04 Å². The first-order chi connectivity index (χ1) is 9.16. The minimum atomic E-state index is -0.638. The van der Waals surface area contributed by atoms with Crippen LogP contribution in [0.25, 0.3) is 0 Å². The van der Waals surface area contributed by atoms with E-state index >= 15 is 0 Å². The average Bonchev–Trinajstić information content (AvgIpc) is 2.91. The van der Waals surface area contributed by atoms with Crippen LogP contribution in [0.2, 0.25) is 0 Å². The summed E-state index contributed by atoms with van der Waals surface area (Å²) in [5.74, 6) is -0.175. The van der Waals surface area contributed by atoms with Gasteiger partial charge in [-0.2, -0.15) is 5.10 Å². The number of nitrogens with zero attached hydrogens (tertiary/aromatic N) is 2. The molecule has 2 aromatic rings. The number of nitrogens with one attached hydrogen (secondary N) is 1. The van der Waals surface area contributed by atoms with Gasteiger partial charge in [0.05, 0.1) is 6.54 Å². The third-order valence-electron chi connectivity index (χ3n) is 2.85. The van der Waals surface area contributed by atoms with Gasteiger partial charge in [0.15, 0.2) is 0 Å². The molecule has 0 aliphatic carbocycles. The Balaban J connectivity index is 0.00000200. The summed E-state index contributed by atoms with van der Waals surface area (Å²) in [6, 6.07) is 10.5. The van der Waals surface area contributed by atoms with Gasteiger partial charge in [0, 0.05) is 18.4 Å². The highest BCUT2D eigenvalue weighted by atomic mass is 35.5. The molecule has 0 saturated heterocycles. The highest BCUT2D eigenvalue weighted by molar-refractivity contribution is 5.85. The Morgan fingerprint density at radius 3 is 2.52 bits per heavy atom. The van der Waals surface area contributed by atoms with Crippen LogP contribution in [0.15, 0.2) is 48.8 Å². The summed E-state index contributed by atoms with van der Waals surface area (Å²) in [5, 5.41) is 6.99. The molecule has 0 saturated carbocycles. The van der Waals surface area contributed by atoms with Gasteiger partial charge in [-0.05, 0) is 18.6 Å². The molecular weight excluding hydrogens is 311 g/mol. The van der Waals surface area contributed by atoms with Gasteiger partial charge in [0.2, 0.25) is 5.91 Å². The summed E-state index contributed by atoms with van der Waals surface area (Å²) >= 11 is 0. The summed E-state index contributed by atoms with van der Waals surface area (Å²) in [5.41, 5.74) is 6.74. The highest BCUT2D eigenvalue weighted by Crippen LogP contribution is 2.09. The van der Waals surface area contributed by atoms with Crippen LogP contribution in [0.3, 0.4) is 0 Å². The van der Waals surface area contributed by atoms with Crippen LogP contribution in [0.1, 0.15) is 18.5 Å². The van der Waals surface area contributed by atoms with Gasteiger partial charge in [-0.3, -0.25) is 9.48 Å². The molecule has 1 aromatic carbocycles. The predicted molar refractivity (Wildman–Crippen MR) is 87.7 cm³/mol. The number of hydrogen-bond donors (Lipinski definition) is 2. The number of carbonyl (C=O) groups is 1. The lowest BCUT2D eigenvalue weighted by molar-refractivity contribution is -0.123. The normalized spacial score (nSPS) is 12.5. The molecule has 21 heavy (non-hydrogen) atoms. The van der Waals surface area contributed by atoms with E-state index in [9.17, 15) is 4.79 Å². The van der Waals surface area contributed by atoms with E-state index in [0.29, 0.717) is 6.54 Å². The maximum atomic E-state index is 12.0. The Kier molecular flexibility index (Phi) is 8.69. The summed E-state index contributed by atoms with van der Waals surface area (Å²) in [7, 11) is 0. The maximum absolute atomic E-state index is 12.0. The van der Waals surface area contributed by atoms with Gasteiger partial charge in [-0.15, -0.1) is 24.8 Å². The fourth-order valence-corrected chi connectivity index (χ4v) is 1.88. The van der Waals surface area contributed by atoms with Crippen LogP contribution in [0.5, 0.6) is 0 Å². The van der Waals surface area contributed by atoms with E-state index in [0.717, 1.165) is 5.56 Å². The molecule has 2 unspecified atom stereocenters. The molecular formula is C14H20Cl2N4O. The molecule has 7 heteroatoms. The number of nitrogens with two attached hydrogens (primary N) is 1. The monoisotopic (exact) mass is 330 g/mol. The lowest BCUT2D eigenvalue weighted by atomic mass is 10.1. The molecule has 5 nitrogen and oxygen atoms in total. The zero-order valence-electron chi connectivity index (χ0n) is 11.7. The first-order valence-corrected chi connectivity index (χ1v) is 6.25. The minimum Gasteiger partial charge on any atom is -0.350 e. The van der Waals surface area contributed by atoms with Crippen molar-refractivity contribution in [3.8, 4) is 0 Å². The van der Waals surface area contributed by atoms with Gasteiger partial charge in [-0.1, -0.05) is 30.3 Å². The summed E-state index contributed by atoms with van der Waals surface area (Å²) in [6.45, 7) is 2.55. The van der Waals surface area contributed by atoms with Gasteiger partial charge < -0.3 is 11.1 Å². The van der Waals surface area contributed by atoms with Crippen LogP contribution in [-0.4, -0.2) is 21.7 Å². The number of hydrogen-bond acceptors (Lipinski definition) is 3. The Hall–Kier alpha value is -1.56. The van der Waals surface area contributed by atoms with Gasteiger partial charge in [0.25, 0.3) is 0 Å². The molecule has 1 aromatic heterocycles. The van der Waals surface area contributed by atoms with Crippen LogP contribution in [0.4, 0.5) is 0 Å². The first kappa shape index (κ1) is 19.4. The average molecular weight is 331 g/mol. The lowest BCUT2D eigenvalue weighted by Gasteiger charge is -2.17. The molecule has 0 spiro atoms. The van der Waals surface area contributed by atoms with Crippen LogP contribution in [0, 0.1) is 0 Å². The van der Waals surface area contributed by atoms with E-state index in [2.05, 4.69) is 10.4 Å². The van der Waals surface area contributed by atoms with E-state index in [1.807, 2.05) is 49.5 Å². The fraction of sp³-hybridized carbons (Fsp3) is 0.286. The van der Waals surface area contributed by atoms with Crippen molar-refractivity contribution in [3.63, 3.8) is 0 Å². The van der Waals surface area contributed by atoms with E-state index in [1.54, 1.807) is 10.9 Å². The van der Waals surface area contributed by atoms with Crippen molar-refractivity contribution < 1.29 is 4.79 Å². The van der Waals surface area contributed by atoms with Gasteiger partial charge in [-0.25, -0.2) is 0 Å². The van der Waals surface area contributed by atoms with E-state index in [-0.39, 0.29) is 36.8 Å². The van der Waals surface area contributed by atoms with Crippen LogP contribution < -0.4 is 11.1 Å². The summed E-state index contributed by atoms with van der Waals surface area (Å²) in [6.07, 6.45) is 3.57. The lowest BCUT2D eigenvalue weighted by Crippen LogP contribution is -2.41. The standard InChI is InChI=1S/C14H18N4O.2ClH/c1-11(10-18-9-5-8-16-18)17-14(19)13(15)12-6-3-2-4-7-12;;/h2-9,11,13H,10,15H2,1H3,(H,17,19);2*1H. The maximum Gasteiger partial charge on any atom is 0.241 e. The molecule has 0 aliphatic heterocycles. The zero-order valence-corrected chi connectivity index (χ0v) is 13.3. The summed E-state index contributed by atoms with van der Waals surface area (Å²) in [4.78, 5) is 12.0. The predicted octanol–water partition coefficient (Wildman–Crippen LogP) is 1.93. The minimum absolute atomic E-state index is 0. The molecule has 3 N–H and O–H groups in total. The molecule has 1 heterocycles. The quantitative estimate of drug-likeness (QED) is 0.879. The Labute approximate surface area is 136 Å². The third kappa shape index (κ3) is 5.75. The Morgan fingerprint density at radius 2 is 1.95 bits per heavy atom. The van der Waals surface area contributed by atoms with Crippen molar-refractivity contribution in [2.75, 3.05) is 0 Å². The van der Waals surface area contributed by atoms with Crippen molar-refractivity contribution in [3.05, 3.63) is 54.4 Å². The molecule has 2 atom stereocenters. The van der Waals surface area contributed by atoms with Crippen molar-refractivity contribution >= 4 is 30.7 Å². The highest BCUT2D eigenvalue weighted by Gasteiger charge is 2.17. The van der Waals surface area contributed by atoms with E-state index in [4.69, 9.17) is 5.73 Å². The third-order valence-corrected chi connectivity index (χ3v) is 2.85. The number of rotatable bonds is 5. The zero-order chi connectivity index (χ0) is 13.7. The molecule has 116 valence electrons. The second-order valence-corrected chi connectivity index (χ2v) is 4.53. The number of amides is 1. The second-order valence-electron chi connectivity index (χ2n) is 4.53. The molecule has 0 bridgehead atoms. The first-order valence-electron chi connectivity index (χ1n) is 6.25. The fourth-order valence-electron chi connectivity index (χ4n) is 1.88. The largest absolute Gasteiger partial charge is 0.350 e. The van der Waals surface area contributed by atoms with Crippen molar-refractivity contribution in [2.24, 2.45) is 5.73 Å². The topological polar surface area (TPSA) is 72.9 Å². The molecule has 1 amide bonds.